The van der Waals surface area contributed by atoms with E-state index in [2.05, 4.69) is 15.5 Å². The lowest BCUT2D eigenvalue weighted by Crippen LogP contribution is -2.22. The number of hydrogen-bond acceptors (Lipinski definition) is 5. The smallest absolute Gasteiger partial charge is 0.342 e. The number of nitrogens with one attached hydrogen (secondary N) is 2. The molecule has 0 amide bonds. The van der Waals surface area contributed by atoms with Crippen LogP contribution >= 0.6 is 0 Å². The van der Waals surface area contributed by atoms with Crippen LogP contribution in [0.2, 0.25) is 0 Å². The van der Waals surface area contributed by atoms with Crippen LogP contribution in [0.4, 0.5) is 11.5 Å². The van der Waals surface area contributed by atoms with Gasteiger partial charge in [0.25, 0.3) is 0 Å². The molecule has 0 bridgehead atoms. The summed E-state index contributed by atoms with van der Waals surface area (Å²) in [5.41, 5.74) is 4.65. The molecule has 0 fully saturated rings. The molecule has 3 aromatic heterocycles. The van der Waals surface area contributed by atoms with Gasteiger partial charge in [-0.15, -0.1) is 0 Å². The third-order valence-electron chi connectivity index (χ3n) is 6.00. The second kappa shape index (κ2) is 5.73. The van der Waals surface area contributed by atoms with Gasteiger partial charge in [-0.25, -0.2) is 9.59 Å². The van der Waals surface area contributed by atoms with Gasteiger partial charge in [0.05, 0.1) is 28.5 Å². The number of H-pyrrole nitrogens is 1. The minimum absolute atomic E-state index is 0.0950. The van der Waals surface area contributed by atoms with Crippen LogP contribution in [0, 0.1) is 0 Å². The Kier molecular flexibility index (Phi) is 3.22. The van der Waals surface area contributed by atoms with Gasteiger partial charge in [-0.3, -0.25) is 14.2 Å². The summed E-state index contributed by atoms with van der Waals surface area (Å²) in [5, 5.41) is 11.3. The van der Waals surface area contributed by atoms with Crippen LogP contribution in [-0.2, 0) is 14.1 Å². The van der Waals surface area contributed by atoms with Crippen LogP contribution in [0.25, 0.3) is 22.0 Å². The summed E-state index contributed by atoms with van der Waals surface area (Å²) in [6.45, 7) is 0. The highest BCUT2D eigenvalue weighted by molar-refractivity contribution is 5.95. The first-order chi connectivity index (χ1) is 14.5. The molecule has 2 aromatic carbocycles. The molecule has 0 saturated heterocycles. The van der Waals surface area contributed by atoms with Gasteiger partial charge < -0.3 is 9.73 Å². The van der Waals surface area contributed by atoms with Crippen LogP contribution < -0.4 is 16.6 Å². The lowest BCUT2D eigenvalue weighted by molar-refractivity contribution is 0.549. The van der Waals surface area contributed by atoms with E-state index in [1.807, 2.05) is 36.4 Å². The second-order valence-electron chi connectivity index (χ2n) is 7.58. The fourth-order valence-corrected chi connectivity index (χ4v) is 4.51. The lowest BCUT2D eigenvalue weighted by atomic mass is 9.83. The quantitative estimate of drug-likeness (QED) is 0.414. The molecule has 0 spiro atoms. The maximum atomic E-state index is 13.1. The summed E-state index contributed by atoms with van der Waals surface area (Å²) in [5.74, 6) is 0.362. The Balaban J connectivity index is 1.69. The molecule has 5 aromatic rings. The lowest BCUT2D eigenvalue weighted by Gasteiger charge is -2.26. The van der Waals surface area contributed by atoms with Gasteiger partial charge in [-0.1, -0.05) is 18.2 Å². The predicted octanol–water partition coefficient (Wildman–Crippen LogP) is 2.94. The fraction of sp³-hybridized carbons (Fsp3) is 0.136. The highest BCUT2D eigenvalue weighted by Crippen LogP contribution is 2.45. The normalized spacial score (nSPS) is 15.2. The number of nitrogens with zero attached hydrogens (tertiary/aromatic N) is 3. The summed E-state index contributed by atoms with van der Waals surface area (Å²) < 4.78 is 8.88. The topological polar surface area (TPSA) is 97.9 Å². The SMILES string of the molecule is Cn1c(=O)n(C)c2cc(C3c4cn[nH]c4Nc4c3c(=O)oc3ccccc43)ccc21. The van der Waals surface area contributed by atoms with Crippen LogP contribution in [0.5, 0.6) is 0 Å². The van der Waals surface area contributed by atoms with Crippen molar-refractivity contribution in [2.24, 2.45) is 14.1 Å². The molecule has 30 heavy (non-hydrogen) atoms. The maximum absolute atomic E-state index is 13.1. The molecule has 0 saturated carbocycles. The van der Waals surface area contributed by atoms with Crippen molar-refractivity contribution in [3.05, 3.63) is 86.3 Å². The maximum Gasteiger partial charge on any atom is 0.342 e. The number of benzene rings is 2. The molecule has 6 rings (SSSR count). The van der Waals surface area contributed by atoms with Crippen molar-refractivity contribution in [1.82, 2.24) is 19.3 Å². The van der Waals surface area contributed by atoms with Crippen LogP contribution in [0.3, 0.4) is 0 Å². The van der Waals surface area contributed by atoms with Crippen LogP contribution in [0.1, 0.15) is 22.6 Å². The third kappa shape index (κ3) is 2.07. The summed E-state index contributed by atoms with van der Waals surface area (Å²) in [4.78, 5) is 25.5. The number of para-hydroxylation sites is 1. The molecule has 1 atom stereocenters. The largest absolute Gasteiger partial charge is 0.422 e. The fourth-order valence-electron chi connectivity index (χ4n) is 4.51. The zero-order chi connectivity index (χ0) is 20.6. The average molecular weight is 399 g/mol. The van der Waals surface area contributed by atoms with E-state index in [9.17, 15) is 9.59 Å². The van der Waals surface area contributed by atoms with Gasteiger partial charge in [0.15, 0.2) is 0 Å². The zero-order valence-corrected chi connectivity index (χ0v) is 16.3. The summed E-state index contributed by atoms with van der Waals surface area (Å²) in [7, 11) is 3.50. The van der Waals surface area contributed by atoms with Gasteiger partial charge >= 0.3 is 11.3 Å². The average Bonchev–Trinajstić information content (AvgIpc) is 3.31. The number of rotatable bonds is 1. The van der Waals surface area contributed by atoms with Crippen molar-refractivity contribution in [2.75, 3.05) is 5.32 Å². The molecule has 8 nitrogen and oxygen atoms in total. The van der Waals surface area contributed by atoms with E-state index < -0.39 is 5.63 Å². The van der Waals surface area contributed by atoms with Crippen LogP contribution in [-0.4, -0.2) is 19.3 Å². The van der Waals surface area contributed by atoms with E-state index in [4.69, 9.17) is 4.42 Å². The van der Waals surface area contributed by atoms with E-state index in [1.54, 1.807) is 35.5 Å². The Hall–Kier alpha value is -4.07. The van der Waals surface area contributed by atoms with Crippen molar-refractivity contribution in [3.8, 4) is 0 Å². The highest BCUT2D eigenvalue weighted by atomic mass is 16.4. The minimum atomic E-state index is -0.393. The number of aryl methyl sites for hydroxylation is 2. The predicted molar refractivity (Wildman–Crippen MR) is 113 cm³/mol. The molecule has 1 unspecified atom stereocenters. The van der Waals surface area contributed by atoms with E-state index >= 15 is 0 Å². The Bertz CT molecular complexity index is 1600. The van der Waals surface area contributed by atoms with Gasteiger partial charge in [-0.05, 0) is 29.8 Å². The first kappa shape index (κ1) is 16.8. The summed E-state index contributed by atoms with van der Waals surface area (Å²) in [6.07, 6.45) is 1.72. The van der Waals surface area contributed by atoms with E-state index in [-0.39, 0.29) is 11.6 Å². The molecular weight excluding hydrogens is 382 g/mol. The van der Waals surface area contributed by atoms with Gasteiger partial charge in [-0.2, -0.15) is 5.10 Å². The molecule has 1 aliphatic rings. The second-order valence-corrected chi connectivity index (χ2v) is 7.58. The molecule has 2 N–H and O–H groups in total. The van der Waals surface area contributed by atoms with E-state index in [1.165, 1.54) is 0 Å². The Labute approximate surface area is 169 Å². The number of aromatic amines is 1. The van der Waals surface area contributed by atoms with Gasteiger partial charge in [0.2, 0.25) is 0 Å². The highest BCUT2D eigenvalue weighted by Gasteiger charge is 2.33. The van der Waals surface area contributed by atoms with Gasteiger partial charge in [0.1, 0.15) is 11.4 Å². The molecule has 8 heteroatoms. The molecule has 1 aliphatic heterocycles. The number of fused-ring (bicyclic) bond motifs is 5. The summed E-state index contributed by atoms with van der Waals surface area (Å²) in [6, 6.07) is 13.3. The molecule has 4 heterocycles. The van der Waals surface area contributed by atoms with Gasteiger partial charge in [0, 0.05) is 31.0 Å². The zero-order valence-electron chi connectivity index (χ0n) is 16.3. The standard InChI is InChI=1S/C22H17N5O3/c1-26-14-8-7-11(9-15(14)27(2)22(26)29)17-13-10-23-25-20(13)24-19-12-5-3-4-6-16(12)30-21(28)18(17)19/h3-10,17H,1-2H3,(H2,23,24,25). The number of aromatic nitrogens is 4. The van der Waals surface area contributed by atoms with Crippen LogP contribution in [0.15, 0.2) is 62.7 Å². The van der Waals surface area contributed by atoms with Crippen molar-refractivity contribution < 1.29 is 4.42 Å². The molecule has 0 radical (unpaired) electrons. The third-order valence-corrected chi connectivity index (χ3v) is 6.00. The molecular formula is C22H17N5O3. The Morgan fingerprint density at radius 1 is 1.03 bits per heavy atom. The van der Waals surface area contributed by atoms with Crippen molar-refractivity contribution in [1.29, 1.82) is 0 Å². The first-order valence-corrected chi connectivity index (χ1v) is 9.56. The Morgan fingerprint density at radius 3 is 2.70 bits per heavy atom. The number of hydrogen-bond donors (Lipinski definition) is 2. The first-order valence-electron chi connectivity index (χ1n) is 9.56. The monoisotopic (exact) mass is 399 g/mol. The van der Waals surface area contributed by atoms with E-state index in [0.29, 0.717) is 16.8 Å². The molecule has 0 aliphatic carbocycles. The minimum Gasteiger partial charge on any atom is -0.422 e. The van der Waals surface area contributed by atoms with Crippen molar-refractivity contribution >= 4 is 33.5 Å². The van der Waals surface area contributed by atoms with Crippen molar-refractivity contribution in [2.45, 2.75) is 5.92 Å². The number of imidazole rings is 1. The van der Waals surface area contributed by atoms with Crippen molar-refractivity contribution in [3.63, 3.8) is 0 Å². The molecule has 148 valence electrons. The summed E-state index contributed by atoms with van der Waals surface area (Å²) >= 11 is 0. The Morgan fingerprint density at radius 2 is 1.83 bits per heavy atom. The van der Waals surface area contributed by atoms with E-state index in [0.717, 1.165) is 33.4 Å². The number of anilines is 2.